The average Bonchev–Trinajstić information content (AvgIpc) is 2.87. The number of methoxy groups -OCH3 is 2. The number of thioether (sulfide) groups is 1. The first kappa shape index (κ1) is 26.1. The molecular formula is C28H34N2O5S. The van der Waals surface area contributed by atoms with E-state index in [-0.39, 0.29) is 23.4 Å². The van der Waals surface area contributed by atoms with E-state index in [2.05, 4.69) is 20.8 Å². The number of ether oxygens (including phenoxy) is 3. The largest absolute Gasteiger partial charge is 0.497 e. The van der Waals surface area contributed by atoms with Crippen LogP contribution in [0.3, 0.4) is 0 Å². The van der Waals surface area contributed by atoms with Gasteiger partial charge in [-0.3, -0.25) is 14.2 Å². The average molecular weight is 511 g/mol. The second kappa shape index (κ2) is 11.4. The van der Waals surface area contributed by atoms with E-state index in [1.54, 1.807) is 50.6 Å². The second-order valence-corrected chi connectivity index (χ2v) is 10.7. The van der Waals surface area contributed by atoms with Crippen molar-refractivity contribution in [1.29, 1.82) is 0 Å². The molecule has 1 aliphatic rings. The number of hydrogen-bond donors (Lipinski definition) is 0. The van der Waals surface area contributed by atoms with Crippen molar-refractivity contribution in [2.45, 2.75) is 51.3 Å². The Hall–Kier alpha value is -3.00. The molecule has 0 radical (unpaired) electrons. The van der Waals surface area contributed by atoms with Crippen molar-refractivity contribution in [3.05, 3.63) is 52.8 Å². The number of aromatic nitrogens is 2. The first-order valence-electron chi connectivity index (χ1n) is 12.4. The molecule has 7 nitrogen and oxygen atoms in total. The predicted octanol–water partition coefficient (Wildman–Crippen LogP) is 5.50. The Labute approximate surface area is 216 Å². The Morgan fingerprint density at radius 1 is 1.14 bits per heavy atom. The topological polar surface area (TPSA) is 79.7 Å². The van der Waals surface area contributed by atoms with E-state index in [9.17, 15) is 9.59 Å². The highest BCUT2D eigenvalue weighted by atomic mass is 32.2. The summed E-state index contributed by atoms with van der Waals surface area (Å²) in [6, 6.07) is 12.4. The van der Waals surface area contributed by atoms with Crippen LogP contribution in [0.5, 0.6) is 11.5 Å². The van der Waals surface area contributed by atoms with Crippen molar-refractivity contribution in [2.24, 2.45) is 17.8 Å². The van der Waals surface area contributed by atoms with Crippen molar-refractivity contribution in [3.8, 4) is 17.2 Å². The van der Waals surface area contributed by atoms with Crippen LogP contribution in [0.1, 0.15) is 40.0 Å². The quantitative estimate of drug-likeness (QED) is 0.225. The van der Waals surface area contributed by atoms with Crippen LogP contribution in [0, 0.1) is 17.8 Å². The molecule has 4 rings (SSSR count). The highest BCUT2D eigenvalue weighted by Gasteiger charge is 2.33. The molecule has 0 unspecified atom stereocenters. The molecular weight excluding hydrogens is 476 g/mol. The lowest BCUT2D eigenvalue weighted by Gasteiger charge is -2.36. The summed E-state index contributed by atoms with van der Waals surface area (Å²) in [6.07, 6.45) is 3.05. The maximum absolute atomic E-state index is 13.6. The van der Waals surface area contributed by atoms with Gasteiger partial charge in [0.1, 0.15) is 17.6 Å². The van der Waals surface area contributed by atoms with Crippen LogP contribution in [-0.4, -0.2) is 41.6 Å². The van der Waals surface area contributed by atoms with Gasteiger partial charge in [-0.15, -0.1) is 0 Å². The summed E-state index contributed by atoms with van der Waals surface area (Å²) in [5, 5.41) is 0.866. The minimum absolute atomic E-state index is 0.0484. The fraction of sp³-hybridized carbons (Fsp3) is 0.464. The van der Waals surface area contributed by atoms with Crippen molar-refractivity contribution in [2.75, 3.05) is 20.0 Å². The zero-order valence-electron chi connectivity index (χ0n) is 21.5. The smallest absolute Gasteiger partial charge is 0.316 e. The van der Waals surface area contributed by atoms with Gasteiger partial charge in [0.25, 0.3) is 5.56 Å². The van der Waals surface area contributed by atoms with Gasteiger partial charge < -0.3 is 14.2 Å². The molecule has 1 aromatic heterocycles. The lowest BCUT2D eigenvalue weighted by Crippen LogP contribution is -2.36. The van der Waals surface area contributed by atoms with E-state index in [1.165, 1.54) is 22.7 Å². The molecule has 0 saturated heterocycles. The molecule has 8 heteroatoms. The van der Waals surface area contributed by atoms with Gasteiger partial charge in [0.2, 0.25) is 0 Å². The molecule has 1 aliphatic carbocycles. The van der Waals surface area contributed by atoms with Crippen LogP contribution >= 0.6 is 11.8 Å². The lowest BCUT2D eigenvalue weighted by molar-refractivity contribution is -0.152. The molecule has 0 aliphatic heterocycles. The normalized spacial score (nSPS) is 19.9. The van der Waals surface area contributed by atoms with E-state index in [1.807, 2.05) is 6.07 Å². The summed E-state index contributed by atoms with van der Waals surface area (Å²) < 4.78 is 18.4. The molecule has 192 valence electrons. The Bertz CT molecular complexity index is 1290. The molecule has 0 N–H and O–H groups in total. The van der Waals surface area contributed by atoms with E-state index in [0.29, 0.717) is 51.0 Å². The maximum Gasteiger partial charge on any atom is 0.316 e. The summed E-state index contributed by atoms with van der Waals surface area (Å²) in [6.45, 7) is 6.59. The molecule has 3 atom stereocenters. The van der Waals surface area contributed by atoms with Crippen LogP contribution < -0.4 is 15.0 Å². The summed E-state index contributed by atoms with van der Waals surface area (Å²) >= 11 is 1.19. The van der Waals surface area contributed by atoms with Crippen molar-refractivity contribution < 1.29 is 19.0 Å². The van der Waals surface area contributed by atoms with Gasteiger partial charge >= 0.3 is 5.97 Å². The van der Waals surface area contributed by atoms with Gasteiger partial charge in [-0.1, -0.05) is 51.1 Å². The van der Waals surface area contributed by atoms with E-state index in [0.717, 1.165) is 12.8 Å². The fourth-order valence-electron chi connectivity index (χ4n) is 4.97. The SMILES string of the molecule is COc1ccc(OC)c(-n2c(SCC(=O)O[C@@H]3C[C@H](C)CC[C@@H]3C(C)C)nc3ccccc3c2=O)c1. The lowest BCUT2D eigenvalue weighted by atomic mass is 9.75. The second-order valence-electron chi connectivity index (χ2n) is 9.73. The fourth-order valence-corrected chi connectivity index (χ4v) is 5.76. The zero-order valence-corrected chi connectivity index (χ0v) is 22.3. The Morgan fingerprint density at radius 2 is 1.92 bits per heavy atom. The standard InChI is InChI=1S/C28H34N2O5S/c1-17(2)20-12-10-18(3)14-25(20)35-26(31)16-36-28-29-22-9-7-6-8-21(22)27(32)30(28)23-15-19(33-4)11-13-24(23)34-5/h6-9,11,13,15,17-18,20,25H,10,12,14,16H2,1-5H3/t18-,20-,25-/m1/s1. The van der Waals surface area contributed by atoms with Gasteiger partial charge in [-0.25, -0.2) is 4.98 Å². The summed E-state index contributed by atoms with van der Waals surface area (Å²) in [4.78, 5) is 31.3. The van der Waals surface area contributed by atoms with Gasteiger partial charge in [0, 0.05) is 6.07 Å². The summed E-state index contributed by atoms with van der Waals surface area (Å²) in [5.41, 5.74) is 0.818. The first-order chi connectivity index (χ1) is 17.3. The van der Waals surface area contributed by atoms with Gasteiger partial charge in [0.15, 0.2) is 5.16 Å². The van der Waals surface area contributed by atoms with Crippen molar-refractivity contribution >= 4 is 28.6 Å². The minimum Gasteiger partial charge on any atom is -0.497 e. The monoisotopic (exact) mass is 510 g/mol. The molecule has 36 heavy (non-hydrogen) atoms. The van der Waals surface area contributed by atoms with E-state index >= 15 is 0 Å². The summed E-state index contributed by atoms with van der Waals surface area (Å²) in [5.74, 6) is 2.19. The number of hydrogen-bond acceptors (Lipinski definition) is 7. The van der Waals surface area contributed by atoms with E-state index in [4.69, 9.17) is 19.2 Å². The van der Waals surface area contributed by atoms with E-state index < -0.39 is 0 Å². The van der Waals surface area contributed by atoms with Gasteiger partial charge in [-0.05, 0) is 54.9 Å². The molecule has 0 amide bonds. The molecule has 3 aromatic rings. The Kier molecular flexibility index (Phi) is 8.24. The molecule has 1 heterocycles. The van der Waals surface area contributed by atoms with Crippen molar-refractivity contribution in [1.82, 2.24) is 9.55 Å². The number of esters is 1. The van der Waals surface area contributed by atoms with Crippen molar-refractivity contribution in [3.63, 3.8) is 0 Å². The third-order valence-electron chi connectivity index (χ3n) is 6.94. The van der Waals surface area contributed by atoms with Crippen LogP contribution in [0.15, 0.2) is 52.4 Å². The molecule has 0 spiro atoms. The minimum atomic E-state index is -0.295. The third kappa shape index (κ3) is 5.53. The highest BCUT2D eigenvalue weighted by molar-refractivity contribution is 7.99. The Morgan fingerprint density at radius 3 is 2.64 bits per heavy atom. The Balaban J connectivity index is 1.67. The number of nitrogens with zero attached hydrogens (tertiary/aromatic N) is 2. The molecule has 0 bridgehead atoms. The van der Waals surface area contributed by atoms with Gasteiger partial charge in [-0.2, -0.15) is 0 Å². The number of rotatable bonds is 8. The highest BCUT2D eigenvalue weighted by Crippen LogP contribution is 2.36. The zero-order chi connectivity index (χ0) is 25.8. The first-order valence-corrected chi connectivity index (χ1v) is 13.4. The molecule has 1 saturated carbocycles. The van der Waals surface area contributed by atoms with Crippen LogP contribution in [0.25, 0.3) is 16.6 Å². The van der Waals surface area contributed by atoms with Crippen LogP contribution in [-0.2, 0) is 9.53 Å². The number of fused-ring (bicyclic) bond motifs is 1. The summed E-state index contributed by atoms with van der Waals surface area (Å²) in [7, 11) is 3.11. The van der Waals surface area contributed by atoms with Crippen LogP contribution in [0.4, 0.5) is 0 Å². The van der Waals surface area contributed by atoms with Crippen LogP contribution in [0.2, 0.25) is 0 Å². The molecule has 2 aromatic carbocycles. The number of carbonyl (C=O) groups excluding carboxylic acids is 1. The predicted molar refractivity (Wildman–Crippen MR) is 142 cm³/mol. The number of benzene rings is 2. The molecule has 1 fully saturated rings. The third-order valence-corrected chi connectivity index (χ3v) is 7.85. The van der Waals surface area contributed by atoms with Gasteiger partial charge in [0.05, 0.1) is 36.6 Å². The maximum atomic E-state index is 13.6. The number of para-hydroxylation sites is 1. The number of carbonyl (C=O) groups is 1.